The van der Waals surface area contributed by atoms with Crippen molar-refractivity contribution in [3.8, 4) is 28.7 Å². The Kier molecular flexibility index (Phi) is 5.19. The van der Waals surface area contributed by atoms with Gasteiger partial charge in [0.2, 0.25) is 0 Å². The summed E-state index contributed by atoms with van der Waals surface area (Å²) in [6.45, 7) is 4.03. The van der Waals surface area contributed by atoms with Gasteiger partial charge in [-0.25, -0.2) is 5.01 Å². The molecule has 0 saturated carbocycles. The average Bonchev–Trinajstić information content (AvgIpc) is 3.15. The number of hydrogen-bond donors (Lipinski definition) is 2. The molecule has 1 spiro atoms. The first-order valence-electron chi connectivity index (χ1n) is 11.7. The van der Waals surface area contributed by atoms with E-state index in [4.69, 9.17) is 14.6 Å². The van der Waals surface area contributed by atoms with Gasteiger partial charge in [-0.15, -0.1) is 0 Å². The molecular weight excluding hydrogens is 468 g/mol. The van der Waals surface area contributed by atoms with Crippen LogP contribution in [-0.4, -0.2) is 34.0 Å². The van der Waals surface area contributed by atoms with Crippen molar-refractivity contribution in [2.45, 2.75) is 5.54 Å². The van der Waals surface area contributed by atoms with Crippen molar-refractivity contribution < 1.29 is 24.5 Å². The molecule has 0 saturated heterocycles. The normalized spacial score (nSPS) is 14.7. The number of hydrogen-bond acceptors (Lipinski definition) is 6. The number of benzene rings is 4. The zero-order chi connectivity index (χ0) is 25.6. The van der Waals surface area contributed by atoms with E-state index >= 15 is 0 Å². The highest BCUT2D eigenvalue weighted by Crippen LogP contribution is 2.58. The van der Waals surface area contributed by atoms with Gasteiger partial charge in [0.05, 0.1) is 6.21 Å². The Morgan fingerprint density at radius 2 is 1.54 bits per heavy atom. The van der Waals surface area contributed by atoms with E-state index in [1.165, 1.54) is 17.1 Å². The number of nitrogens with zero attached hydrogens (tertiary/aromatic N) is 2. The number of amides is 1. The van der Waals surface area contributed by atoms with Gasteiger partial charge in [-0.1, -0.05) is 43.0 Å². The largest absolute Gasteiger partial charge is 0.508 e. The van der Waals surface area contributed by atoms with E-state index in [0.29, 0.717) is 46.1 Å². The molecule has 0 bridgehead atoms. The Morgan fingerprint density at radius 1 is 0.892 bits per heavy atom. The van der Waals surface area contributed by atoms with Crippen LogP contribution in [0.5, 0.6) is 28.7 Å². The van der Waals surface area contributed by atoms with E-state index in [1.807, 2.05) is 42.5 Å². The number of phenolic OH excluding ortho intramolecular Hbond substituents is 2. The number of carbonyl (C=O) groups excluding carboxylic acids is 1. The molecule has 1 amide bonds. The minimum Gasteiger partial charge on any atom is -0.508 e. The molecular formula is C30H22N2O5. The van der Waals surface area contributed by atoms with E-state index in [-0.39, 0.29) is 17.4 Å². The van der Waals surface area contributed by atoms with Gasteiger partial charge >= 0.3 is 0 Å². The van der Waals surface area contributed by atoms with Gasteiger partial charge in [0, 0.05) is 39.9 Å². The Bertz CT molecular complexity index is 1540. The summed E-state index contributed by atoms with van der Waals surface area (Å²) >= 11 is 0. The Morgan fingerprint density at radius 3 is 2.24 bits per heavy atom. The lowest BCUT2D eigenvalue weighted by atomic mass is 9.75. The molecule has 0 aliphatic carbocycles. The van der Waals surface area contributed by atoms with Crippen LogP contribution in [0.1, 0.15) is 32.6 Å². The van der Waals surface area contributed by atoms with E-state index in [1.54, 1.807) is 42.6 Å². The number of aromatic hydroxyl groups is 2. The number of hydrazone groups is 1. The number of carbonyl (C=O) groups is 1. The van der Waals surface area contributed by atoms with Gasteiger partial charge in [-0.2, -0.15) is 5.10 Å². The van der Waals surface area contributed by atoms with Crippen LogP contribution in [0.4, 0.5) is 0 Å². The maximum Gasteiger partial charge on any atom is 0.275 e. The van der Waals surface area contributed by atoms with Crippen LogP contribution in [0, 0.1) is 0 Å². The molecule has 7 nitrogen and oxygen atoms in total. The van der Waals surface area contributed by atoms with Crippen LogP contribution in [-0.2, 0) is 5.54 Å². The predicted octanol–water partition coefficient (Wildman–Crippen LogP) is 5.55. The second-order valence-electron chi connectivity index (χ2n) is 8.72. The Hall–Kier alpha value is -5.04. The molecule has 0 radical (unpaired) electrons. The number of ether oxygens (including phenoxy) is 2. The summed E-state index contributed by atoms with van der Waals surface area (Å²) in [5.41, 5.74) is 1.97. The van der Waals surface area contributed by atoms with Crippen LogP contribution in [0.25, 0.3) is 0 Å². The van der Waals surface area contributed by atoms with Gasteiger partial charge < -0.3 is 19.7 Å². The summed E-state index contributed by atoms with van der Waals surface area (Å²) in [7, 11) is 0. The lowest BCUT2D eigenvalue weighted by molar-refractivity contribution is 0.0675. The fourth-order valence-electron chi connectivity index (χ4n) is 5.06. The second-order valence-corrected chi connectivity index (χ2v) is 8.72. The molecule has 0 fully saturated rings. The first kappa shape index (κ1) is 22.4. The van der Waals surface area contributed by atoms with Gasteiger partial charge in [-0.05, 0) is 42.5 Å². The quantitative estimate of drug-likeness (QED) is 0.283. The maximum atomic E-state index is 13.9. The molecule has 6 rings (SSSR count). The smallest absolute Gasteiger partial charge is 0.275 e. The van der Waals surface area contributed by atoms with Crippen molar-refractivity contribution in [2.75, 3.05) is 6.61 Å². The monoisotopic (exact) mass is 490 g/mol. The molecule has 0 atom stereocenters. The summed E-state index contributed by atoms with van der Waals surface area (Å²) in [5.74, 6) is 1.05. The minimum absolute atomic E-state index is 0.0125. The van der Waals surface area contributed by atoms with Crippen LogP contribution in [0.3, 0.4) is 0 Å². The van der Waals surface area contributed by atoms with Crippen molar-refractivity contribution >= 4 is 12.1 Å². The SMILES string of the molecule is C=CCOc1ccccc1C=NN1C(=O)c2ccccc2C12c1ccc(O)cc1Oc1cc(O)ccc12. The van der Waals surface area contributed by atoms with Crippen LogP contribution < -0.4 is 9.47 Å². The van der Waals surface area contributed by atoms with E-state index in [0.717, 1.165) is 5.56 Å². The van der Waals surface area contributed by atoms with Crippen LogP contribution in [0.2, 0.25) is 0 Å². The first-order chi connectivity index (χ1) is 18.0. The highest BCUT2D eigenvalue weighted by atomic mass is 16.5. The first-order valence-corrected chi connectivity index (χ1v) is 11.7. The number of fused-ring (bicyclic) bond motifs is 6. The third kappa shape index (κ3) is 3.36. The Labute approximate surface area is 213 Å². The zero-order valence-electron chi connectivity index (χ0n) is 19.7. The van der Waals surface area contributed by atoms with Crippen LogP contribution in [0.15, 0.2) is 103 Å². The van der Waals surface area contributed by atoms with Crippen molar-refractivity contribution in [3.05, 3.63) is 125 Å². The summed E-state index contributed by atoms with van der Waals surface area (Å²) in [6.07, 6.45) is 3.25. The molecule has 2 heterocycles. The summed E-state index contributed by atoms with van der Waals surface area (Å²) in [6, 6.07) is 24.3. The lowest BCUT2D eigenvalue weighted by Gasteiger charge is -2.41. The second kappa shape index (κ2) is 8.57. The molecule has 4 aromatic carbocycles. The average molecular weight is 491 g/mol. The lowest BCUT2D eigenvalue weighted by Crippen LogP contribution is -2.44. The molecule has 182 valence electrons. The van der Waals surface area contributed by atoms with Crippen molar-refractivity contribution in [2.24, 2.45) is 5.10 Å². The van der Waals surface area contributed by atoms with Crippen molar-refractivity contribution in [1.82, 2.24) is 5.01 Å². The highest BCUT2D eigenvalue weighted by molar-refractivity contribution is 6.03. The molecule has 2 aliphatic heterocycles. The highest BCUT2D eigenvalue weighted by Gasteiger charge is 2.57. The van der Waals surface area contributed by atoms with Gasteiger partial charge in [0.15, 0.2) is 0 Å². The fraction of sp³-hybridized carbons (Fsp3) is 0.0667. The summed E-state index contributed by atoms with van der Waals surface area (Å²) < 4.78 is 11.9. The topological polar surface area (TPSA) is 91.6 Å². The maximum absolute atomic E-state index is 13.9. The fourth-order valence-corrected chi connectivity index (χ4v) is 5.06. The predicted molar refractivity (Wildman–Crippen MR) is 139 cm³/mol. The molecule has 4 aromatic rings. The van der Waals surface area contributed by atoms with Gasteiger partial charge in [0.25, 0.3) is 5.91 Å². The van der Waals surface area contributed by atoms with Gasteiger partial charge in [-0.3, -0.25) is 4.79 Å². The van der Waals surface area contributed by atoms with E-state index in [2.05, 4.69) is 6.58 Å². The van der Waals surface area contributed by atoms with Crippen LogP contribution >= 0.6 is 0 Å². The third-order valence-corrected chi connectivity index (χ3v) is 6.58. The molecule has 0 unspecified atom stereocenters. The minimum atomic E-state index is -1.20. The standard InChI is InChI=1S/C30H22N2O5/c1-2-15-36-26-10-6-3-7-19(26)18-31-32-29(35)22-8-4-5-9-23(22)30(32)24-13-11-20(33)16-27(24)37-28-17-21(34)12-14-25(28)30/h2-14,16-18,33-34H,1,15H2. The molecule has 2 aliphatic rings. The van der Waals surface area contributed by atoms with Crippen molar-refractivity contribution in [3.63, 3.8) is 0 Å². The summed E-state index contributed by atoms with van der Waals surface area (Å²) in [5, 5.41) is 26.6. The van der Waals surface area contributed by atoms with E-state index < -0.39 is 5.54 Å². The third-order valence-electron chi connectivity index (χ3n) is 6.58. The molecule has 37 heavy (non-hydrogen) atoms. The Balaban J connectivity index is 1.62. The van der Waals surface area contributed by atoms with E-state index in [9.17, 15) is 15.0 Å². The number of phenols is 2. The number of para-hydroxylation sites is 1. The molecule has 0 aromatic heterocycles. The zero-order valence-corrected chi connectivity index (χ0v) is 19.7. The summed E-state index contributed by atoms with van der Waals surface area (Å²) in [4.78, 5) is 13.9. The molecule has 2 N–H and O–H groups in total. The molecule has 7 heteroatoms. The van der Waals surface area contributed by atoms with Gasteiger partial charge in [0.1, 0.15) is 40.9 Å². The number of rotatable bonds is 5. The van der Waals surface area contributed by atoms with Crippen molar-refractivity contribution in [1.29, 1.82) is 0 Å².